The Balaban J connectivity index is 1.86. The molecule has 5 nitrogen and oxygen atoms in total. The van der Waals surface area contributed by atoms with Gasteiger partial charge in [0.2, 0.25) is 5.91 Å². The highest BCUT2D eigenvalue weighted by molar-refractivity contribution is 7.92. The average molecular weight is 443 g/mol. The number of rotatable bonds is 7. The Bertz CT molecular complexity index is 1150. The van der Waals surface area contributed by atoms with Crippen molar-refractivity contribution in [3.8, 4) is 0 Å². The molecule has 3 aromatic rings. The maximum Gasteiger partial charge on any atom is 0.264 e. The van der Waals surface area contributed by atoms with E-state index >= 15 is 0 Å². The normalized spacial score (nSPS) is 11.2. The minimum atomic E-state index is -3.96. The molecule has 0 spiro atoms. The molecule has 0 radical (unpaired) electrons. The van der Waals surface area contributed by atoms with Crippen molar-refractivity contribution in [2.45, 2.75) is 25.3 Å². The second kappa shape index (κ2) is 9.32. The third-order valence-electron chi connectivity index (χ3n) is 4.56. The van der Waals surface area contributed by atoms with E-state index in [1.807, 2.05) is 38.1 Å². The molecule has 0 aliphatic rings. The minimum Gasteiger partial charge on any atom is -0.350 e. The molecule has 3 rings (SSSR count). The number of nitrogens with one attached hydrogen (secondary N) is 1. The molecule has 0 saturated carbocycles. The third-order valence-corrected chi connectivity index (χ3v) is 6.59. The molecule has 0 fully saturated rings. The number of hydrogen-bond donors (Lipinski definition) is 1. The SMILES string of the molecule is Cc1ccc(S(=O)(=O)N(CC(=O)NCc2cccc(C)c2)c2cccc(Cl)c2)cc1. The van der Waals surface area contributed by atoms with Crippen molar-refractivity contribution in [2.75, 3.05) is 10.8 Å². The highest BCUT2D eigenvalue weighted by Crippen LogP contribution is 2.26. The van der Waals surface area contributed by atoms with Crippen molar-refractivity contribution in [3.05, 3.63) is 94.5 Å². The number of sulfonamides is 1. The van der Waals surface area contributed by atoms with Crippen LogP contribution in [0.1, 0.15) is 16.7 Å². The van der Waals surface area contributed by atoms with Crippen LogP contribution in [0.5, 0.6) is 0 Å². The van der Waals surface area contributed by atoms with Gasteiger partial charge in [0, 0.05) is 11.6 Å². The van der Waals surface area contributed by atoms with Crippen molar-refractivity contribution in [1.29, 1.82) is 0 Å². The molecule has 0 aromatic heterocycles. The molecule has 156 valence electrons. The summed E-state index contributed by atoms with van der Waals surface area (Å²) in [6.45, 7) is 3.81. The molecule has 1 N–H and O–H groups in total. The summed E-state index contributed by atoms with van der Waals surface area (Å²) in [6, 6.07) is 20.7. The summed E-state index contributed by atoms with van der Waals surface area (Å²) in [5.74, 6) is -0.410. The van der Waals surface area contributed by atoms with Crippen LogP contribution in [-0.2, 0) is 21.4 Å². The van der Waals surface area contributed by atoms with Crippen LogP contribution in [0.15, 0.2) is 77.7 Å². The van der Waals surface area contributed by atoms with Gasteiger partial charge in [0.05, 0.1) is 10.6 Å². The second-order valence-electron chi connectivity index (χ2n) is 7.07. The highest BCUT2D eigenvalue weighted by Gasteiger charge is 2.27. The number of halogens is 1. The van der Waals surface area contributed by atoms with Gasteiger partial charge in [0.15, 0.2) is 0 Å². The lowest BCUT2D eigenvalue weighted by Crippen LogP contribution is -2.40. The minimum absolute atomic E-state index is 0.111. The molecule has 1 amide bonds. The Morgan fingerprint density at radius 3 is 2.30 bits per heavy atom. The van der Waals surface area contributed by atoms with Crippen LogP contribution in [0.25, 0.3) is 0 Å². The van der Waals surface area contributed by atoms with E-state index in [9.17, 15) is 13.2 Å². The molecular formula is C23H23ClN2O3S. The van der Waals surface area contributed by atoms with Crippen molar-refractivity contribution in [2.24, 2.45) is 0 Å². The summed E-state index contributed by atoms with van der Waals surface area (Å²) < 4.78 is 27.7. The van der Waals surface area contributed by atoms with E-state index in [0.717, 1.165) is 21.0 Å². The lowest BCUT2D eigenvalue weighted by molar-refractivity contribution is -0.119. The Labute approximate surface area is 182 Å². The van der Waals surface area contributed by atoms with Gasteiger partial charge in [-0.25, -0.2) is 8.42 Å². The van der Waals surface area contributed by atoms with E-state index in [2.05, 4.69) is 5.32 Å². The van der Waals surface area contributed by atoms with Crippen LogP contribution in [0, 0.1) is 13.8 Å². The molecule has 3 aromatic carbocycles. The predicted molar refractivity (Wildman–Crippen MR) is 120 cm³/mol. The Morgan fingerprint density at radius 1 is 0.933 bits per heavy atom. The molecule has 0 bridgehead atoms. The largest absolute Gasteiger partial charge is 0.350 e. The second-order valence-corrected chi connectivity index (χ2v) is 9.37. The molecule has 0 aliphatic carbocycles. The molecule has 7 heteroatoms. The summed E-state index contributed by atoms with van der Waals surface area (Å²) >= 11 is 6.08. The fraction of sp³-hybridized carbons (Fsp3) is 0.174. The lowest BCUT2D eigenvalue weighted by Gasteiger charge is -2.24. The molecule has 0 atom stereocenters. The van der Waals surface area contributed by atoms with E-state index in [1.165, 1.54) is 18.2 Å². The Kier molecular flexibility index (Phi) is 6.80. The van der Waals surface area contributed by atoms with Crippen molar-refractivity contribution < 1.29 is 13.2 Å². The summed E-state index contributed by atoms with van der Waals surface area (Å²) in [5, 5.41) is 3.18. The van der Waals surface area contributed by atoms with Gasteiger partial charge in [0.25, 0.3) is 10.0 Å². The average Bonchev–Trinajstić information content (AvgIpc) is 2.71. The van der Waals surface area contributed by atoms with Gasteiger partial charge in [-0.1, -0.05) is 65.2 Å². The van der Waals surface area contributed by atoms with Gasteiger partial charge in [0.1, 0.15) is 6.54 Å². The first kappa shape index (κ1) is 21.9. The van der Waals surface area contributed by atoms with Crippen LogP contribution in [-0.4, -0.2) is 20.9 Å². The standard InChI is InChI=1S/C23H23ClN2O3S/c1-17-9-11-22(12-10-17)30(28,29)26(21-8-4-7-20(24)14-21)16-23(27)25-15-19-6-3-5-18(2)13-19/h3-14H,15-16H2,1-2H3,(H,25,27). The zero-order chi connectivity index (χ0) is 21.7. The van der Waals surface area contributed by atoms with E-state index in [-0.39, 0.29) is 11.4 Å². The maximum absolute atomic E-state index is 13.3. The van der Waals surface area contributed by atoms with Gasteiger partial charge in [-0.2, -0.15) is 0 Å². The van der Waals surface area contributed by atoms with E-state index in [4.69, 9.17) is 11.6 Å². The molecule has 0 unspecified atom stereocenters. The fourth-order valence-corrected chi connectivity index (χ4v) is 4.59. The third kappa shape index (κ3) is 5.40. The number of amides is 1. The Hall–Kier alpha value is -2.83. The summed E-state index contributed by atoms with van der Waals surface area (Å²) in [6.07, 6.45) is 0. The van der Waals surface area contributed by atoms with Crippen LogP contribution >= 0.6 is 11.6 Å². The first-order valence-electron chi connectivity index (χ1n) is 9.43. The quantitative estimate of drug-likeness (QED) is 0.587. The number of carbonyl (C=O) groups is 1. The smallest absolute Gasteiger partial charge is 0.264 e. The number of carbonyl (C=O) groups excluding carboxylic acids is 1. The van der Waals surface area contributed by atoms with Crippen LogP contribution in [0.3, 0.4) is 0 Å². The summed E-state index contributed by atoms with van der Waals surface area (Å²) in [5.41, 5.74) is 3.30. The van der Waals surface area contributed by atoms with Gasteiger partial charge in [-0.05, 0) is 49.7 Å². The number of anilines is 1. The zero-order valence-electron chi connectivity index (χ0n) is 16.8. The molecule has 30 heavy (non-hydrogen) atoms. The monoisotopic (exact) mass is 442 g/mol. The number of hydrogen-bond acceptors (Lipinski definition) is 3. The van der Waals surface area contributed by atoms with Crippen molar-refractivity contribution in [3.63, 3.8) is 0 Å². The molecule has 0 heterocycles. The first-order chi connectivity index (χ1) is 14.3. The van der Waals surface area contributed by atoms with Gasteiger partial charge in [-0.15, -0.1) is 0 Å². The van der Waals surface area contributed by atoms with Gasteiger partial charge >= 0.3 is 0 Å². The first-order valence-corrected chi connectivity index (χ1v) is 11.2. The number of nitrogens with zero attached hydrogens (tertiary/aromatic N) is 1. The van der Waals surface area contributed by atoms with Gasteiger partial charge < -0.3 is 5.32 Å². The van der Waals surface area contributed by atoms with Crippen LogP contribution in [0.2, 0.25) is 5.02 Å². The predicted octanol–water partition coefficient (Wildman–Crippen LogP) is 4.47. The summed E-state index contributed by atoms with van der Waals surface area (Å²) in [4.78, 5) is 12.8. The number of benzene rings is 3. The van der Waals surface area contributed by atoms with E-state index in [0.29, 0.717) is 17.3 Å². The topological polar surface area (TPSA) is 66.5 Å². The fourth-order valence-electron chi connectivity index (χ4n) is 2.99. The maximum atomic E-state index is 13.3. The molecule has 0 aliphatic heterocycles. The van der Waals surface area contributed by atoms with Crippen molar-refractivity contribution in [1.82, 2.24) is 5.32 Å². The van der Waals surface area contributed by atoms with E-state index < -0.39 is 15.9 Å². The van der Waals surface area contributed by atoms with Crippen LogP contribution < -0.4 is 9.62 Å². The lowest BCUT2D eigenvalue weighted by atomic mass is 10.1. The molecular weight excluding hydrogens is 420 g/mol. The molecule has 0 saturated heterocycles. The van der Waals surface area contributed by atoms with Crippen molar-refractivity contribution >= 4 is 33.2 Å². The number of aryl methyl sites for hydroxylation is 2. The van der Waals surface area contributed by atoms with E-state index in [1.54, 1.807) is 30.3 Å². The van der Waals surface area contributed by atoms with Gasteiger partial charge in [-0.3, -0.25) is 9.10 Å². The highest BCUT2D eigenvalue weighted by atomic mass is 35.5. The zero-order valence-corrected chi connectivity index (χ0v) is 18.4. The summed E-state index contributed by atoms with van der Waals surface area (Å²) in [7, 11) is -3.96. The Morgan fingerprint density at radius 2 is 1.63 bits per heavy atom. The van der Waals surface area contributed by atoms with Crippen LogP contribution in [0.4, 0.5) is 5.69 Å².